The zero-order chi connectivity index (χ0) is 23.5. The van der Waals surface area contributed by atoms with Crippen molar-refractivity contribution in [1.82, 2.24) is 20.9 Å². The summed E-state index contributed by atoms with van der Waals surface area (Å²) in [5.74, 6) is -1.36. The summed E-state index contributed by atoms with van der Waals surface area (Å²) < 4.78 is 32.6. The second kappa shape index (κ2) is 10.2. The van der Waals surface area contributed by atoms with E-state index in [4.69, 9.17) is 4.74 Å². The van der Waals surface area contributed by atoms with Crippen LogP contribution in [-0.2, 0) is 4.79 Å². The van der Waals surface area contributed by atoms with E-state index in [-0.39, 0.29) is 24.1 Å². The van der Waals surface area contributed by atoms with Crippen molar-refractivity contribution in [2.75, 3.05) is 26.2 Å². The molecule has 2 saturated heterocycles. The summed E-state index contributed by atoms with van der Waals surface area (Å²) in [5, 5.41) is 9.76. The quantitative estimate of drug-likeness (QED) is 0.596. The SMILES string of the molecule is O=C(NC1CCNCC1)C1C=CC(C(=C2CC2)N2CCC(Oc3ccc(F)c(F)c3)CC2)=CN1. The highest BCUT2D eigenvalue weighted by molar-refractivity contribution is 5.84. The van der Waals surface area contributed by atoms with Gasteiger partial charge in [0.05, 0.1) is 0 Å². The Hall–Kier alpha value is -2.87. The summed E-state index contributed by atoms with van der Waals surface area (Å²) in [4.78, 5) is 15.1. The number of ether oxygens (including phenoxy) is 1. The molecule has 0 aromatic heterocycles. The van der Waals surface area contributed by atoms with Crippen molar-refractivity contribution >= 4 is 5.91 Å². The first kappa shape index (κ1) is 22.9. The van der Waals surface area contributed by atoms with Gasteiger partial charge in [-0.3, -0.25) is 4.79 Å². The lowest BCUT2D eigenvalue weighted by atomic mass is 10.0. The molecule has 5 rings (SSSR count). The van der Waals surface area contributed by atoms with Crippen LogP contribution in [0, 0.1) is 11.6 Å². The number of benzene rings is 1. The van der Waals surface area contributed by atoms with Gasteiger partial charge in [0.2, 0.25) is 5.91 Å². The molecule has 34 heavy (non-hydrogen) atoms. The number of carbonyl (C=O) groups is 1. The third-order valence-corrected chi connectivity index (χ3v) is 6.91. The molecule has 1 saturated carbocycles. The van der Waals surface area contributed by atoms with Gasteiger partial charge in [0.25, 0.3) is 0 Å². The molecule has 1 amide bonds. The average molecular weight is 471 g/mol. The number of amides is 1. The number of likely N-dealkylation sites (tertiary alicyclic amines) is 1. The number of rotatable bonds is 6. The van der Waals surface area contributed by atoms with Gasteiger partial charge in [0.15, 0.2) is 11.6 Å². The van der Waals surface area contributed by atoms with Crippen LogP contribution in [0.5, 0.6) is 5.75 Å². The molecule has 0 spiro atoms. The summed E-state index contributed by atoms with van der Waals surface area (Å²) in [5.41, 5.74) is 3.81. The molecule has 1 atom stereocenters. The smallest absolute Gasteiger partial charge is 0.246 e. The number of halogens is 2. The summed E-state index contributed by atoms with van der Waals surface area (Å²) >= 11 is 0. The number of piperidine rings is 2. The highest BCUT2D eigenvalue weighted by Crippen LogP contribution is 2.38. The molecule has 0 bridgehead atoms. The van der Waals surface area contributed by atoms with Crippen molar-refractivity contribution in [2.45, 2.75) is 56.7 Å². The highest BCUT2D eigenvalue weighted by atomic mass is 19.2. The minimum atomic E-state index is -0.887. The van der Waals surface area contributed by atoms with Crippen molar-refractivity contribution < 1.29 is 18.3 Å². The molecular weight excluding hydrogens is 438 g/mol. The van der Waals surface area contributed by atoms with Gasteiger partial charge in [-0.25, -0.2) is 8.78 Å². The zero-order valence-corrected chi connectivity index (χ0v) is 19.3. The predicted octanol–water partition coefficient (Wildman–Crippen LogP) is 3.14. The van der Waals surface area contributed by atoms with E-state index in [1.165, 1.54) is 17.3 Å². The fraction of sp³-hybridized carbons (Fsp3) is 0.500. The monoisotopic (exact) mass is 470 g/mol. The molecule has 3 fully saturated rings. The van der Waals surface area contributed by atoms with Crippen molar-refractivity contribution in [1.29, 1.82) is 0 Å². The molecule has 1 aliphatic carbocycles. The third kappa shape index (κ3) is 5.43. The second-order valence-electron chi connectivity index (χ2n) is 9.47. The van der Waals surface area contributed by atoms with E-state index >= 15 is 0 Å². The van der Waals surface area contributed by atoms with Crippen LogP contribution in [0.2, 0.25) is 0 Å². The van der Waals surface area contributed by atoms with Crippen molar-refractivity contribution in [3.8, 4) is 5.75 Å². The predicted molar refractivity (Wildman–Crippen MR) is 126 cm³/mol. The normalized spacial score (nSPS) is 23.2. The van der Waals surface area contributed by atoms with E-state index in [0.29, 0.717) is 5.75 Å². The minimum absolute atomic E-state index is 0.0225. The molecule has 3 N–H and O–H groups in total. The van der Waals surface area contributed by atoms with Crippen LogP contribution in [0.4, 0.5) is 8.78 Å². The van der Waals surface area contributed by atoms with Gasteiger partial charge in [-0.2, -0.15) is 0 Å². The van der Waals surface area contributed by atoms with Gasteiger partial charge < -0.3 is 25.6 Å². The van der Waals surface area contributed by atoms with Crippen LogP contribution in [-0.4, -0.2) is 55.2 Å². The Kier molecular flexibility index (Phi) is 6.85. The number of hydrogen-bond acceptors (Lipinski definition) is 5. The van der Waals surface area contributed by atoms with Crippen molar-refractivity contribution in [2.24, 2.45) is 0 Å². The third-order valence-electron chi connectivity index (χ3n) is 6.91. The van der Waals surface area contributed by atoms with Crippen LogP contribution in [0.3, 0.4) is 0 Å². The van der Waals surface area contributed by atoms with E-state index < -0.39 is 11.6 Å². The van der Waals surface area contributed by atoms with Crippen molar-refractivity contribution in [3.05, 3.63) is 65.0 Å². The topological polar surface area (TPSA) is 65.6 Å². The van der Waals surface area contributed by atoms with Crippen LogP contribution < -0.4 is 20.7 Å². The molecule has 0 radical (unpaired) electrons. The molecule has 4 aliphatic rings. The molecule has 182 valence electrons. The summed E-state index contributed by atoms with van der Waals surface area (Å²) in [6.45, 7) is 3.56. The van der Waals surface area contributed by atoms with Crippen LogP contribution in [0.15, 0.2) is 53.4 Å². The number of carbonyl (C=O) groups excluding carboxylic acids is 1. The van der Waals surface area contributed by atoms with Gasteiger partial charge >= 0.3 is 0 Å². The Balaban J connectivity index is 1.16. The van der Waals surface area contributed by atoms with Crippen LogP contribution in [0.25, 0.3) is 0 Å². The Bertz CT molecular complexity index is 1000. The summed E-state index contributed by atoms with van der Waals surface area (Å²) in [7, 11) is 0. The fourth-order valence-electron chi connectivity index (χ4n) is 4.90. The lowest BCUT2D eigenvalue weighted by Gasteiger charge is -2.36. The van der Waals surface area contributed by atoms with Gasteiger partial charge in [-0.15, -0.1) is 0 Å². The standard InChI is InChI=1S/C26H32F2N4O2/c27-22-5-4-21(15-23(22)28)34-20-9-13-32(14-10-20)25(17-1-2-17)18-3-6-24(30-16-18)26(33)31-19-7-11-29-12-8-19/h3-6,15-16,19-20,24,29-30H,1-2,7-14H2,(H,31,33). The molecule has 1 aromatic rings. The van der Waals surface area contributed by atoms with E-state index in [1.807, 2.05) is 12.3 Å². The molecule has 3 aliphatic heterocycles. The maximum absolute atomic E-state index is 13.5. The van der Waals surface area contributed by atoms with E-state index in [9.17, 15) is 13.6 Å². The first-order valence-electron chi connectivity index (χ1n) is 12.3. The number of nitrogens with zero attached hydrogens (tertiary/aromatic N) is 1. The molecule has 1 aromatic carbocycles. The number of hydrogen-bond donors (Lipinski definition) is 3. The lowest BCUT2D eigenvalue weighted by molar-refractivity contribution is -0.122. The van der Waals surface area contributed by atoms with E-state index in [0.717, 1.165) is 82.4 Å². The van der Waals surface area contributed by atoms with Crippen LogP contribution >= 0.6 is 0 Å². The van der Waals surface area contributed by atoms with Gasteiger partial charge in [-0.05, 0) is 56.5 Å². The zero-order valence-electron chi connectivity index (χ0n) is 19.3. The fourth-order valence-corrected chi connectivity index (χ4v) is 4.90. The molecule has 3 heterocycles. The molecular formula is C26H32F2N4O2. The van der Waals surface area contributed by atoms with Crippen molar-refractivity contribution in [3.63, 3.8) is 0 Å². The first-order chi connectivity index (χ1) is 16.6. The van der Waals surface area contributed by atoms with E-state index in [2.05, 4.69) is 26.9 Å². The summed E-state index contributed by atoms with van der Waals surface area (Å²) in [6.07, 6.45) is 11.7. The maximum Gasteiger partial charge on any atom is 0.246 e. The van der Waals surface area contributed by atoms with Crippen LogP contribution in [0.1, 0.15) is 38.5 Å². The molecule has 1 unspecified atom stereocenters. The molecule has 6 nitrogen and oxygen atoms in total. The number of dihydropyridines is 1. The Morgan fingerprint density at radius 3 is 2.47 bits per heavy atom. The number of nitrogens with one attached hydrogen (secondary N) is 3. The second-order valence-corrected chi connectivity index (χ2v) is 9.47. The lowest BCUT2D eigenvalue weighted by Crippen LogP contribution is -2.49. The van der Waals surface area contributed by atoms with Gasteiger partial charge in [-0.1, -0.05) is 12.2 Å². The minimum Gasteiger partial charge on any atom is -0.490 e. The Labute approximate surface area is 199 Å². The van der Waals surface area contributed by atoms with E-state index in [1.54, 1.807) is 0 Å². The highest BCUT2D eigenvalue weighted by Gasteiger charge is 2.30. The largest absolute Gasteiger partial charge is 0.490 e. The Morgan fingerprint density at radius 1 is 1.06 bits per heavy atom. The number of allylic oxidation sites excluding steroid dienone is 2. The van der Waals surface area contributed by atoms with Gasteiger partial charge in [0, 0.05) is 55.5 Å². The maximum atomic E-state index is 13.5. The summed E-state index contributed by atoms with van der Waals surface area (Å²) in [6, 6.07) is 3.58. The molecule has 8 heteroatoms. The average Bonchev–Trinajstić information content (AvgIpc) is 3.69. The van der Waals surface area contributed by atoms with Gasteiger partial charge in [0.1, 0.15) is 17.9 Å². The Morgan fingerprint density at radius 2 is 1.82 bits per heavy atom. The first-order valence-corrected chi connectivity index (χ1v) is 12.3.